The van der Waals surface area contributed by atoms with E-state index in [1.807, 2.05) is 13.8 Å². The van der Waals surface area contributed by atoms with Crippen molar-refractivity contribution in [2.45, 2.75) is 26.4 Å². The molecular weight excluding hydrogens is 435 g/mol. The van der Waals surface area contributed by atoms with Crippen LogP contribution in [0.5, 0.6) is 11.6 Å². The number of phenols is 1. The number of carbonyl (C=O) groups excluding carboxylic acids is 1. The van der Waals surface area contributed by atoms with Crippen LogP contribution in [-0.4, -0.2) is 27.4 Å². The average Bonchev–Trinajstić information content (AvgIpc) is 3.13. The number of para-hydroxylation sites is 1. The molecule has 0 fully saturated rings. The van der Waals surface area contributed by atoms with E-state index in [0.29, 0.717) is 12.5 Å². The van der Waals surface area contributed by atoms with Crippen LogP contribution in [0.2, 0.25) is 5.02 Å². The Morgan fingerprint density at radius 1 is 1.26 bits per heavy atom. The third-order valence-electron chi connectivity index (χ3n) is 4.51. The van der Waals surface area contributed by atoms with Crippen LogP contribution in [0.4, 0.5) is 18.9 Å². The fraction of sp³-hybridized carbons (Fsp3) is 0.238. The number of carbonyl (C=O) groups is 1. The fourth-order valence-corrected chi connectivity index (χ4v) is 3.16. The van der Waals surface area contributed by atoms with E-state index in [0.717, 1.165) is 15.8 Å². The first-order chi connectivity index (χ1) is 14.6. The molecule has 31 heavy (non-hydrogen) atoms. The summed E-state index contributed by atoms with van der Waals surface area (Å²) in [5, 5.41) is 16.2. The fourth-order valence-electron chi connectivity index (χ4n) is 2.95. The second-order valence-corrected chi connectivity index (χ2v) is 7.12. The molecule has 0 unspecified atom stereocenters. The van der Waals surface area contributed by atoms with Crippen LogP contribution in [0.3, 0.4) is 0 Å². The highest BCUT2D eigenvalue weighted by atomic mass is 35.5. The molecule has 10 heteroatoms. The molecule has 0 aliphatic heterocycles. The number of alkyl halides is 3. The van der Waals surface area contributed by atoms with Crippen molar-refractivity contribution in [3.63, 3.8) is 0 Å². The van der Waals surface area contributed by atoms with E-state index in [1.165, 1.54) is 18.2 Å². The van der Waals surface area contributed by atoms with Gasteiger partial charge in [0.15, 0.2) is 12.3 Å². The summed E-state index contributed by atoms with van der Waals surface area (Å²) in [5.74, 6) is -1.09. The first-order valence-electron chi connectivity index (χ1n) is 9.27. The van der Waals surface area contributed by atoms with E-state index in [2.05, 4.69) is 10.4 Å². The monoisotopic (exact) mass is 453 g/mol. The highest BCUT2D eigenvalue weighted by Gasteiger charge is 2.36. The van der Waals surface area contributed by atoms with E-state index < -0.39 is 24.4 Å². The molecule has 0 saturated carbocycles. The second kappa shape index (κ2) is 8.89. The lowest BCUT2D eigenvalue weighted by molar-refractivity contribution is -0.141. The number of nitrogens with zero attached hydrogens (tertiary/aromatic N) is 2. The Labute approximate surface area is 181 Å². The molecule has 0 atom stereocenters. The molecule has 0 bridgehead atoms. The molecule has 1 heterocycles. The number of ether oxygens (including phenoxy) is 1. The smallest absolute Gasteiger partial charge is 0.435 e. The Bertz CT molecular complexity index is 1110. The Morgan fingerprint density at radius 2 is 1.97 bits per heavy atom. The van der Waals surface area contributed by atoms with Crippen molar-refractivity contribution in [2.75, 3.05) is 11.9 Å². The maximum absolute atomic E-state index is 13.2. The number of halogens is 4. The van der Waals surface area contributed by atoms with Crippen LogP contribution in [-0.2, 0) is 17.4 Å². The van der Waals surface area contributed by atoms with E-state index >= 15 is 0 Å². The maximum Gasteiger partial charge on any atom is 0.435 e. The molecule has 3 rings (SSSR count). The zero-order chi connectivity index (χ0) is 22.8. The molecule has 1 aromatic heterocycles. The van der Waals surface area contributed by atoms with Gasteiger partial charge in [-0.25, -0.2) is 0 Å². The van der Waals surface area contributed by atoms with Gasteiger partial charge in [0.2, 0.25) is 5.88 Å². The van der Waals surface area contributed by atoms with Gasteiger partial charge in [-0.05, 0) is 48.7 Å². The van der Waals surface area contributed by atoms with Crippen molar-refractivity contribution < 1.29 is 27.8 Å². The van der Waals surface area contributed by atoms with Gasteiger partial charge in [-0.2, -0.15) is 23.0 Å². The number of phenolic OH excluding ortho intramolecular Hbond substituents is 1. The van der Waals surface area contributed by atoms with Crippen LogP contribution in [0.25, 0.3) is 5.69 Å². The standard InChI is InChI=1S/C21H19ClF3N3O3/c1-3-13-9-15(17(29)8-12(13)2)26-19(30)11-31-20-10-18(21(23,24)25)27-28(20)16-7-5-4-6-14(16)22/h4-10,29H,3,11H2,1-2H3,(H,26,30). The molecule has 2 N–H and O–H groups in total. The second-order valence-electron chi connectivity index (χ2n) is 6.72. The van der Waals surface area contributed by atoms with Gasteiger partial charge < -0.3 is 15.2 Å². The normalized spacial score (nSPS) is 11.4. The summed E-state index contributed by atoms with van der Waals surface area (Å²) in [6, 6.07) is 10.0. The maximum atomic E-state index is 13.2. The first-order valence-corrected chi connectivity index (χ1v) is 9.65. The zero-order valence-electron chi connectivity index (χ0n) is 16.6. The molecular formula is C21H19ClF3N3O3. The van der Waals surface area contributed by atoms with Gasteiger partial charge >= 0.3 is 6.18 Å². The number of benzene rings is 2. The Hall–Kier alpha value is -3.20. The molecule has 164 valence electrons. The number of amides is 1. The molecule has 1 amide bonds. The first kappa shape index (κ1) is 22.5. The van der Waals surface area contributed by atoms with Gasteiger partial charge in [-0.15, -0.1) is 0 Å². The molecule has 0 aliphatic rings. The Morgan fingerprint density at radius 3 is 2.61 bits per heavy atom. The van der Waals surface area contributed by atoms with E-state index in [-0.39, 0.29) is 28.0 Å². The van der Waals surface area contributed by atoms with Gasteiger partial charge in [-0.3, -0.25) is 4.79 Å². The van der Waals surface area contributed by atoms with Gasteiger partial charge in [-0.1, -0.05) is 30.7 Å². The number of rotatable bonds is 6. The number of aryl methyl sites for hydroxylation is 2. The number of aromatic nitrogens is 2. The lowest BCUT2D eigenvalue weighted by atomic mass is 10.0. The van der Waals surface area contributed by atoms with Crippen molar-refractivity contribution >= 4 is 23.2 Å². The number of hydrogen-bond acceptors (Lipinski definition) is 4. The van der Waals surface area contributed by atoms with Crippen molar-refractivity contribution in [3.05, 3.63) is 64.3 Å². The number of nitrogens with one attached hydrogen (secondary N) is 1. The topological polar surface area (TPSA) is 76.4 Å². The summed E-state index contributed by atoms with van der Waals surface area (Å²) in [4.78, 5) is 12.3. The van der Waals surface area contributed by atoms with Gasteiger partial charge in [0, 0.05) is 6.07 Å². The molecule has 2 aromatic carbocycles. The van der Waals surface area contributed by atoms with Gasteiger partial charge in [0.1, 0.15) is 5.75 Å². The van der Waals surface area contributed by atoms with Crippen LogP contribution < -0.4 is 10.1 Å². The van der Waals surface area contributed by atoms with Gasteiger partial charge in [0.25, 0.3) is 5.91 Å². The van der Waals surface area contributed by atoms with Crippen LogP contribution in [0, 0.1) is 6.92 Å². The predicted molar refractivity (Wildman–Crippen MR) is 110 cm³/mol. The summed E-state index contributed by atoms with van der Waals surface area (Å²) in [6.07, 6.45) is -4.01. The van der Waals surface area contributed by atoms with Crippen molar-refractivity contribution in [2.24, 2.45) is 0 Å². The Balaban J connectivity index is 1.82. The van der Waals surface area contributed by atoms with Crippen molar-refractivity contribution in [1.82, 2.24) is 9.78 Å². The molecule has 3 aromatic rings. The highest BCUT2D eigenvalue weighted by molar-refractivity contribution is 6.32. The van der Waals surface area contributed by atoms with Crippen LogP contribution >= 0.6 is 11.6 Å². The Kier molecular flexibility index (Phi) is 6.45. The summed E-state index contributed by atoms with van der Waals surface area (Å²) >= 11 is 6.08. The van der Waals surface area contributed by atoms with Crippen LogP contribution in [0.1, 0.15) is 23.7 Å². The van der Waals surface area contributed by atoms with Crippen molar-refractivity contribution in [3.8, 4) is 17.3 Å². The third-order valence-corrected chi connectivity index (χ3v) is 4.83. The average molecular weight is 454 g/mol. The highest BCUT2D eigenvalue weighted by Crippen LogP contribution is 2.33. The third kappa shape index (κ3) is 5.11. The largest absolute Gasteiger partial charge is 0.506 e. The molecule has 0 spiro atoms. The van der Waals surface area contributed by atoms with E-state index in [1.54, 1.807) is 18.2 Å². The zero-order valence-corrected chi connectivity index (χ0v) is 17.4. The quantitative estimate of drug-likeness (QED) is 0.507. The summed E-state index contributed by atoms with van der Waals surface area (Å²) in [7, 11) is 0. The minimum absolute atomic E-state index is 0.122. The minimum Gasteiger partial charge on any atom is -0.506 e. The van der Waals surface area contributed by atoms with E-state index in [9.17, 15) is 23.1 Å². The van der Waals surface area contributed by atoms with Crippen molar-refractivity contribution in [1.29, 1.82) is 0 Å². The molecule has 0 saturated heterocycles. The molecule has 0 radical (unpaired) electrons. The van der Waals surface area contributed by atoms with E-state index in [4.69, 9.17) is 16.3 Å². The summed E-state index contributed by atoms with van der Waals surface area (Å²) in [5.41, 5.74) is 0.968. The molecule has 6 nitrogen and oxygen atoms in total. The predicted octanol–water partition coefficient (Wildman–Crippen LogP) is 5.14. The SMILES string of the molecule is CCc1cc(NC(=O)COc2cc(C(F)(F)F)nn2-c2ccccc2Cl)c(O)cc1C. The summed E-state index contributed by atoms with van der Waals surface area (Å²) in [6.45, 7) is 3.16. The summed E-state index contributed by atoms with van der Waals surface area (Å²) < 4.78 is 45.7. The molecule has 0 aliphatic carbocycles. The lowest BCUT2D eigenvalue weighted by Gasteiger charge is -2.13. The van der Waals surface area contributed by atoms with Gasteiger partial charge in [0.05, 0.1) is 16.4 Å². The number of anilines is 1. The number of hydrogen-bond donors (Lipinski definition) is 2. The lowest BCUT2D eigenvalue weighted by Crippen LogP contribution is -2.21. The number of aromatic hydroxyl groups is 1. The van der Waals surface area contributed by atoms with Crippen LogP contribution in [0.15, 0.2) is 42.5 Å². The minimum atomic E-state index is -4.71.